The maximum atomic E-state index is 10.0. The molecule has 0 aliphatic carbocycles. The maximum absolute atomic E-state index is 10.0. The van der Waals surface area contributed by atoms with Crippen molar-refractivity contribution in [2.45, 2.75) is 112 Å². The normalized spacial score (nSPS) is 14.4. The predicted octanol–water partition coefficient (Wildman–Crippen LogP) is 6.87. The molecule has 0 aromatic rings. The molecule has 132 valence electrons. The quantitative estimate of drug-likeness (QED) is 0.306. The van der Waals surface area contributed by atoms with Gasteiger partial charge < -0.3 is 0 Å². The van der Waals surface area contributed by atoms with Crippen LogP contribution in [0.25, 0.3) is 0 Å². The summed E-state index contributed by atoms with van der Waals surface area (Å²) in [5, 5.41) is 10.0. The number of rotatable bonds is 14. The molecule has 0 heterocycles. The molecule has 0 rings (SSSR count). The topological polar surface area (TPSA) is 20.2 Å². The van der Waals surface area contributed by atoms with Gasteiger partial charge in [-0.15, -0.1) is 0 Å². The Morgan fingerprint density at radius 2 is 1.23 bits per heavy atom. The zero-order valence-corrected chi connectivity index (χ0v) is 18.9. The zero-order chi connectivity index (χ0) is 16.8. The molecule has 0 aromatic heterocycles. The Kier molecular flexibility index (Phi) is 14.2. The monoisotopic (exact) mass is 418 g/mol. The predicted molar refractivity (Wildman–Crippen MR) is 104 cm³/mol. The minimum absolute atomic E-state index is 0.257. The van der Waals surface area contributed by atoms with Crippen LogP contribution in [0.15, 0.2) is 9.67 Å². The Morgan fingerprint density at radius 1 is 0.818 bits per heavy atom. The first-order chi connectivity index (χ1) is 10.6. The van der Waals surface area contributed by atoms with Gasteiger partial charge in [-0.1, -0.05) is 0 Å². The van der Waals surface area contributed by atoms with Crippen LogP contribution in [0.2, 0.25) is 13.3 Å². The SMILES string of the molecule is CCCC/[C](=C/C(C)O)[Sn]([CH2]CCC)([CH2]CCC)[CH2]CCC. The van der Waals surface area contributed by atoms with E-state index in [1.165, 1.54) is 71.1 Å². The van der Waals surface area contributed by atoms with E-state index in [0.29, 0.717) is 0 Å². The van der Waals surface area contributed by atoms with Crippen molar-refractivity contribution < 1.29 is 5.11 Å². The Hall–Kier alpha value is 0.499. The molecule has 0 aromatic carbocycles. The Labute approximate surface area is 144 Å². The van der Waals surface area contributed by atoms with Crippen LogP contribution in [0, 0.1) is 0 Å². The molecule has 1 N–H and O–H groups in total. The summed E-state index contributed by atoms with van der Waals surface area (Å²) < 4.78 is 6.34. The number of aliphatic hydroxyl groups excluding tert-OH is 1. The first-order valence-corrected chi connectivity index (χ1v) is 17.4. The molecular formula is C20H42OSn. The van der Waals surface area contributed by atoms with E-state index in [4.69, 9.17) is 0 Å². The molecule has 0 aliphatic rings. The van der Waals surface area contributed by atoms with Gasteiger partial charge in [-0.05, 0) is 0 Å². The van der Waals surface area contributed by atoms with Crippen LogP contribution in [0.4, 0.5) is 0 Å². The summed E-state index contributed by atoms with van der Waals surface area (Å²) >= 11 is -2.28. The molecule has 22 heavy (non-hydrogen) atoms. The molecule has 1 atom stereocenters. The van der Waals surface area contributed by atoms with E-state index in [0.717, 1.165) is 0 Å². The summed E-state index contributed by atoms with van der Waals surface area (Å²) in [6.45, 7) is 11.2. The van der Waals surface area contributed by atoms with E-state index in [1.54, 1.807) is 3.59 Å². The van der Waals surface area contributed by atoms with Crippen LogP contribution >= 0.6 is 0 Å². The van der Waals surface area contributed by atoms with Gasteiger partial charge in [0.25, 0.3) is 0 Å². The second kappa shape index (κ2) is 13.9. The number of hydrogen-bond donors (Lipinski definition) is 1. The van der Waals surface area contributed by atoms with Gasteiger partial charge in [0.1, 0.15) is 0 Å². The van der Waals surface area contributed by atoms with E-state index in [-0.39, 0.29) is 6.10 Å². The van der Waals surface area contributed by atoms with Crippen molar-refractivity contribution in [2.24, 2.45) is 0 Å². The molecule has 0 fully saturated rings. The molecule has 1 nitrogen and oxygen atoms in total. The van der Waals surface area contributed by atoms with Gasteiger partial charge in [0.05, 0.1) is 0 Å². The fourth-order valence-electron chi connectivity index (χ4n) is 3.59. The Bertz CT molecular complexity index is 262. The molecule has 0 saturated heterocycles. The third kappa shape index (κ3) is 8.96. The number of hydrogen-bond acceptors (Lipinski definition) is 1. The van der Waals surface area contributed by atoms with Crippen LogP contribution in [0.3, 0.4) is 0 Å². The van der Waals surface area contributed by atoms with Crippen molar-refractivity contribution in [3.05, 3.63) is 9.67 Å². The summed E-state index contributed by atoms with van der Waals surface area (Å²) in [6, 6.07) is 0. The molecule has 0 amide bonds. The fraction of sp³-hybridized carbons (Fsp3) is 0.900. The van der Waals surface area contributed by atoms with E-state index < -0.39 is 18.4 Å². The second-order valence-corrected chi connectivity index (χ2v) is 20.5. The molecule has 0 aliphatic heterocycles. The van der Waals surface area contributed by atoms with Crippen molar-refractivity contribution in [1.29, 1.82) is 0 Å². The van der Waals surface area contributed by atoms with Crippen molar-refractivity contribution >= 4 is 18.4 Å². The third-order valence-corrected chi connectivity index (χ3v) is 21.2. The molecule has 0 bridgehead atoms. The van der Waals surface area contributed by atoms with Gasteiger partial charge >= 0.3 is 145 Å². The summed E-state index contributed by atoms with van der Waals surface area (Å²) in [7, 11) is 0. The zero-order valence-electron chi connectivity index (χ0n) is 16.1. The molecule has 0 radical (unpaired) electrons. The summed E-state index contributed by atoms with van der Waals surface area (Å²) in [4.78, 5) is 0. The summed E-state index contributed by atoms with van der Waals surface area (Å²) in [5.74, 6) is 0. The molecule has 1 unspecified atom stereocenters. The Balaban J connectivity index is 5.43. The molecule has 2 heteroatoms. The number of unbranched alkanes of at least 4 members (excludes halogenated alkanes) is 4. The van der Waals surface area contributed by atoms with Gasteiger partial charge in [-0.3, -0.25) is 0 Å². The molecular weight excluding hydrogens is 375 g/mol. The number of aliphatic hydroxyl groups is 1. The van der Waals surface area contributed by atoms with E-state index >= 15 is 0 Å². The summed E-state index contributed by atoms with van der Waals surface area (Å²) in [5.41, 5.74) is 0. The van der Waals surface area contributed by atoms with Crippen LogP contribution in [-0.2, 0) is 0 Å². The average Bonchev–Trinajstić information content (AvgIpc) is 2.51. The first kappa shape index (κ1) is 22.5. The van der Waals surface area contributed by atoms with E-state index in [2.05, 4.69) is 33.8 Å². The van der Waals surface area contributed by atoms with Gasteiger partial charge in [0.2, 0.25) is 0 Å². The third-order valence-electron chi connectivity index (χ3n) is 4.95. The van der Waals surface area contributed by atoms with E-state index in [9.17, 15) is 5.11 Å². The van der Waals surface area contributed by atoms with Crippen LogP contribution in [0.1, 0.15) is 92.4 Å². The second-order valence-electron chi connectivity index (χ2n) is 7.13. The van der Waals surface area contributed by atoms with Crippen molar-refractivity contribution in [1.82, 2.24) is 0 Å². The Morgan fingerprint density at radius 3 is 1.55 bits per heavy atom. The van der Waals surface area contributed by atoms with E-state index in [1.807, 2.05) is 6.92 Å². The first-order valence-electron chi connectivity index (χ1n) is 9.95. The van der Waals surface area contributed by atoms with Crippen LogP contribution in [-0.4, -0.2) is 29.6 Å². The van der Waals surface area contributed by atoms with Crippen LogP contribution < -0.4 is 0 Å². The molecule has 0 spiro atoms. The number of allylic oxidation sites excluding steroid dienone is 1. The van der Waals surface area contributed by atoms with Gasteiger partial charge in [0.15, 0.2) is 0 Å². The van der Waals surface area contributed by atoms with Crippen LogP contribution in [0.5, 0.6) is 0 Å². The van der Waals surface area contributed by atoms with Crippen molar-refractivity contribution in [3.8, 4) is 0 Å². The van der Waals surface area contributed by atoms with Crippen molar-refractivity contribution in [3.63, 3.8) is 0 Å². The average molecular weight is 417 g/mol. The van der Waals surface area contributed by atoms with Gasteiger partial charge in [-0.2, -0.15) is 0 Å². The fourth-order valence-corrected chi connectivity index (χ4v) is 21.0. The van der Waals surface area contributed by atoms with Crippen molar-refractivity contribution in [2.75, 3.05) is 0 Å². The standard InChI is InChI=1S/C8H15O.3C4H9.Sn/c1-3-4-5-6-7-8(2)9;3*1-3-4-2;/h7-9H,3-5H2,1-2H3;3*1,3-4H2,2H3;. The minimum atomic E-state index is -2.28. The van der Waals surface area contributed by atoms with Gasteiger partial charge in [-0.25, -0.2) is 0 Å². The molecule has 0 saturated carbocycles. The summed E-state index contributed by atoms with van der Waals surface area (Å²) in [6.07, 6.45) is 14.1. The van der Waals surface area contributed by atoms with Gasteiger partial charge in [0, 0.05) is 0 Å².